The largest absolute Gasteiger partial charge is 0.479 e. The van der Waals surface area contributed by atoms with Gasteiger partial charge in [0.25, 0.3) is 0 Å². The fraction of sp³-hybridized carbons (Fsp3) is 0.500. The molecule has 0 aliphatic carbocycles. The van der Waals surface area contributed by atoms with E-state index in [4.69, 9.17) is 10.5 Å². The maximum Gasteiger partial charge on any atom is 0.338 e. The Morgan fingerprint density at radius 2 is 1.76 bits per heavy atom. The molecule has 1 rings (SSSR count). The Balaban J connectivity index is 2.68. The number of carbonyl (C=O) groups excluding carboxylic acids is 1. The third-order valence-electron chi connectivity index (χ3n) is 3.02. The summed E-state index contributed by atoms with van der Waals surface area (Å²) in [7, 11) is 0. The molecule has 0 radical (unpaired) electrons. The number of carboxylic acids is 1. The molecule has 1 aromatic carbocycles. The van der Waals surface area contributed by atoms with Crippen LogP contribution in [0.1, 0.15) is 39.2 Å². The molecule has 0 aromatic heterocycles. The van der Waals surface area contributed by atoms with E-state index in [1.807, 2.05) is 30.3 Å². The van der Waals surface area contributed by atoms with Crippen molar-refractivity contribution in [2.24, 2.45) is 5.73 Å². The summed E-state index contributed by atoms with van der Waals surface area (Å²) in [6.07, 6.45) is 1.19. The molecule has 0 amide bonds. The minimum absolute atomic E-state index is 0.0339. The van der Waals surface area contributed by atoms with Gasteiger partial charge < -0.3 is 15.6 Å². The number of hydrogen-bond acceptors (Lipinski definition) is 4. The molecule has 21 heavy (non-hydrogen) atoms. The number of aryl methyl sites for hydroxylation is 1. The smallest absolute Gasteiger partial charge is 0.338 e. The van der Waals surface area contributed by atoms with E-state index < -0.39 is 23.1 Å². The van der Waals surface area contributed by atoms with Crippen molar-refractivity contribution < 1.29 is 19.4 Å². The molecule has 0 heterocycles. The summed E-state index contributed by atoms with van der Waals surface area (Å²) >= 11 is 0. The number of hydrogen-bond donors (Lipinski definition) is 2. The summed E-state index contributed by atoms with van der Waals surface area (Å²) in [5, 5.41) is 9.27. The van der Waals surface area contributed by atoms with Crippen LogP contribution in [0.5, 0.6) is 0 Å². The lowest BCUT2D eigenvalue weighted by Crippen LogP contribution is -2.57. The third kappa shape index (κ3) is 5.19. The summed E-state index contributed by atoms with van der Waals surface area (Å²) in [6.45, 7) is 5.03. The van der Waals surface area contributed by atoms with E-state index in [-0.39, 0.29) is 6.42 Å². The second kappa shape index (κ2) is 6.72. The van der Waals surface area contributed by atoms with Crippen LogP contribution < -0.4 is 5.73 Å². The van der Waals surface area contributed by atoms with E-state index in [0.29, 0.717) is 12.8 Å². The van der Waals surface area contributed by atoms with Crippen LogP contribution in [0.3, 0.4) is 0 Å². The zero-order chi connectivity index (χ0) is 16.1. The minimum atomic E-state index is -2.00. The summed E-state index contributed by atoms with van der Waals surface area (Å²) in [5.41, 5.74) is 4.09. The van der Waals surface area contributed by atoms with Crippen LogP contribution in [0.25, 0.3) is 0 Å². The van der Waals surface area contributed by atoms with Crippen LogP contribution in [0.2, 0.25) is 0 Å². The number of carboxylic acid groups (broad SMARTS) is 1. The van der Waals surface area contributed by atoms with Crippen LogP contribution >= 0.6 is 0 Å². The second-order valence-electron chi connectivity index (χ2n) is 6.12. The van der Waals surface area contributed by atoms with Crippen molar-refractivity contribution in [2.45, 2.75) is 51.2 Å². The van der Waals surface area contributed by atoms with Crippen molar-refractivity contribution in [3.63, 3.8) is 0 Å². The Morgan fingerprint density at radius 1 is 1.19 bits per heavy atom. The van der Waals surface area contributed by atoms with Gasteiger partial charge >= 0.3 is 11.9 Å². The third-order valence-corrected chi connectivity index (χ3v) is 3.02. The minimum Gasteiger partial charge on any atom is -0.479 e. The average Bonchev–Trinajstić information content (AvgIpc) is 2.37. The lowest BCUT2D eigenvalue weighted by molar-refractivity contribution is -0.169. The summed E-state index contributed by atoms with van der Waals surface area (Å²) in [5.74, 6) is -2.25. The Morgan fingerprint density at radius 3 is 2.24 bits per heavy atom. The summed E-state index contributed by atoms with van der Waals surface area (Å²) < 4.78 is 5.12. The van der Waals surface area contributed by atoms with Gasteiger partial charge in [-0.15, -0.1) is 0 Å². The molecule has 1 unspecified atom stereocenters. The summed E-state index contributed by atoms with van der Waals surface area (Å²) in [4.78, 5) is 23.4. The molecule has 0 saturated heterocycles. The van der Waals surface area contributed by atoms with Gasteiger partial charge in [0.05, 0.1) is 0 Å². The van der Waals surface area contributed by atoms with Crippen molar-refractivity contribution in [3.8, 4) is 0 Å². The molecule has 116 valence electrons. The van der Waals surface area contributed by atoms with Gasteiger partial charge in [-0.05, 0) is 45.6 Å². The number of aliphatic carboxylic acids is 1. The lowest BCUT2D eigenvalue weighted by atomic mass is 9.92. The van der Waals surface area contributed by atoms with Crippen molar-refractivity contribution in [1.82, 2.24) is 0 Å². The first-order valence-corrected chi connectivity index (χ1v) is 6.95. The number of esters is 1. The second-order valence-corrected chi connectivity index (χ2v) is 6.12. The van der Waals surface area contributed by atoms with E-state index >= 15 is 0 Å². The van der Waals surface area contributed by atoms with E-state index in [2.05, 4.69) is 0 Å². The first kappa shape index (κ1) is 17.2. The maximum atomic E-state index is 12.0. The monoisotopic (exact) mass is 293 g/mol. The SMILES string of the molecule is CC(C)(C)OC(=O)C(N)(CCCc1ccccc1)C(=O)O. The summed E-state index contributed by atoms with van der Waals surface area (Å²) in [6, 6.07) is 9.64. The molecular formula is C16H23NO4. The topological polar surface area (TPSA) is 89.6 Å². The molecule has 0 fully saturated rings. The fourth-order valence-corrected chi connectivity index (χ4v) is 1.88. The Labute approximate surface area is 125 Å². The van der Waals surface area contributed by atoms with Gasteiger partial charge in [0.2, 0.25) is 5.54 Å². The Hall–Kier alpha value is -1.88. The van der Waals surface area contributed by atoms with Crippen LogP contribution in [0.15, 0.2) is 30.3 Å². The van der Waals surface area contributed by atoms with Gasteiger partial charge in [-0.1, -0.05) is 30.3 Å². The quantitative estimate of drug-likeness (QED) is 0.619. The molecule has 0 bridgehead atoms. The molecule has 0 spiro atoms. The van der Waals surface area contributed by atoms with Crippen molar-refractivity contribution in [2.75, 3.05) is 0 Å². The molecule has 1 atom stereocenters. The standard InChI is InChI=1S/C16H23NO4/c1-15(2,3)21-14(20)16(17,13(18)19)11-7-10-12-8-5-4-6-9-12/h4-6,8-9H,7,10-11,17H2,1-3H3,(H,18,19). The number of ether oxygens (including phenoxy) is 1. The predicted octanol–water partition coefficient (Wildman–Crippen LogP) is 2.13. The van der Waals surface area contributed by atoms with Crippen LogP contribution in [-0.2, 0) is 20.7 Å². The van der Waals surface area contributed by atoms with Crippen molar-refractivity contribution in [1.29, 1.82) is 0 Å². The molecule has 3 N–H and O–H groups in total. The number of rotatable bonds is 6. The normalized spacial score (nSPS) is 14.3. The van der Waals surface area contributed by atoms with Gasteiger partial charge in [0.15, 0.2) is 0 Å². The van der Waals surface area contributed by atoms with E-state index in [1.54, 1.807) is 20.8 Å². The molecule has 0 aliphatic heterocycles. The van der Waals surface area contributed by atoms with Gasteiger partial charge in [-0.2, -0.15) is 0 Å². The first-order valence-electron chi connectivity index (χ1n) is 6.95. The highest BCUT2D eigenvalue weighted by Gasteiger charge is 2.44. The fourth-order valence-electron chi connectivity index (χ4n) is 1.88. The molecule has 0 saturated carbocycles. The molecular weight excluding hydrogens is 270 g/mol. The maximum absolute atomic E-state index is 12.0. The van der Waals surface area contributed by atoms with Gasteiger partial charge in [-0.3, -0.25) is 0 Å². The molecule has 5 heteroatoms. The Kier molecular flexibility index (Phi) is 5.49. The van der Waals surface area contributed by atoms with Crippen molar-refractivity contribution in [3.05, 3.63) is 35.9 Å². The molecule has 1 aromatic rings. The van der Waals surface area contributed by atoms with Crippen molar-refractivity contribution >= 4 is 11.9 Å². The zero-order valence-electron chi connectivity index (χ0n) is 12.8. The lowest BCUT2D eigenvalue weighted by Gasteiger charge is -2.28. The molecule has 0 aliphatic rings. The van der Waals surface area contributed by atoms with E-state index in [1.165, 1.54) is 0 Å². The highest BCUT2D eigenvalue weighted by atomic mass is 16.6. The number of benzene rings is 1. The van der Waals surface area contributed by atoms with E-state index in [9.17, 15) is 14.7 Å². The van der Waals surface area contributed by atoms with Crippen LogP contribution in [0.4, 0.5) is 0 Å². The number of nitrogens with two attached hydrogens (primary N) is 1. The van der Waals surface area contributed by atoms with Gasteiger partial charge in [0, 0.05) is 0 Å². The van der Waals surface area contributed by atoms with Crippen LogP contribution in [0, 0.1) is 0 Å². The van der Waals surface area contributed by atoms with Gasteiger partial charge in [0.1, 0.15) is 5.60 Å². The Bertz CT molecular complexity index is 493. The highest BCUT2D eigenvalue weighted by molar-refractivity contribution is 6.03. The van der Waals surface area contributed by atoms with Crippen LogP contribution in [-0.4, -0.2) is 28.2 Å². The molecule has 5 nitrogen and oxygen atoms in total. The average molecular weight is 293 g/mol. The van der Waals surface area contributed by atoms with Gasteiger partial charge in [-0.25, -0.2) is 9.59 Å². The predicted molar refractivity (Wildman–Crippen MR) is 79.8 cm³/mol. The highest BCUT2D eigenvalue weighted by Crippen LogP contribution is 2.19. The number of carbonyl (C=O) groups is 2. The first-order chi connectivity index (χ1) is 9.65. The van der Waals surface area contributed by atoms with E-state index in [0.717, 1.165) is 5.56 Å². The zero-order valence-corrected chi connectivity index (χ0v) is 12.8.